The minimum absolute atomic E-state index is 0.278. The van der Waals surface area contributed by atoms with Crippen LogP contribution in [0.3, 0.4) is 0 Å². The maximum Gasteiger partial charge on any atom is 0.143 e. The van der Waals surface area contributed by atoms with Crippen molar-refractivity contribution >= 4 is 23.0 Å². The second kappa shape index (κ2) is 4.39. The van der Waals surface area contributed by atoms with Gasteiger partial charge in [-0.1, -0.05) is 11.6 Å². The number of nitrogens with zero attached hydrogens (tertiary/aromatic N) is 1. The maximum atomic E-state index is 9.49. The fraction of sp³-hybridized carbons (Fsp3) is 0.455. The molecule has 2 rings (SSSR count). The molecule has 4 nitrogen and oxygen atoms in total. The van der Waals surface area contributed by atoms with Crippen LogP contribution in [0.15, 0.2) is 12.1 Å². The lowest BCUT2D eigenvalue weighted by Crippen LogP contribution is -2.21. The molecule has 1 saturated heterocycles. The van der Waals surface area contributed by atoms with E-state index in [4.69, 9.17) is 22.1 Å². The first-order valence-corrected chi connectivity index (χ1v) is 5.55. The lowest BCUT2D eigenvalue weighted by atomic mass is 10.2. The molecule has 3 N–H and O–H groups in total. The summed E-state index contributed by atoms with van der Waals surface area (Å²) in [7, 11) is 1.57. The van der Waals surface area contributed by atoms with Crippen LogP contribution in [0.1, 0.15) is 6.42 Å². The van der Waals surface area contributed by atoms with Gasteiger partial charge in [0, 0.05) is 19.2 Å². The summed E-state index contributed by atoms with van der Waals surface area (Å²) in [5.74, 6) is 0.612. The number of halogens is 1. The first kappa shape index (κ1) is 11.4. The minimum Gasteiger partial charge on any atom is -0.495 e. The van der Waals surface area contributed by atoms with Gasteiger partial charge in [0.1, 0.15) is 5.75 Å². The van der Waals surface area contributed by atoms with Crippen LogP contribution in [0.5, 0.6) is 5.75 Å². The predicted molar refractivity (Wildman–Crippen MR) is 65.3 cm³/mol. The lowest BCUT2D eigenvalue weighted by Gasteiger charge is -2.20. The number of benzene rings is 1. The van der Waals surface area contributed by atoms with E-state index in [9.17, 15) is 5.11 Å². The summed E-state index contributed by atoms with van der Waals surface area (Å²) in [4.78, 5) is 2.04. The van der Waals surface area contributed by atoms with Crippen molar-refractivity contribution in [2.45, 2.75) is 12.5 Å². The number of ether oxygens (including phenoxy) is 1. The van der Waals surface area contributed by atoms with Crippen molar-refractivity contribution in [3.05, 3.63) is 17.2 Å². The molecule has 0 saturated carbocycles. The van der Waals surface area contributed by atoms with Crippen molar-refractivity contribution in [2.24, 2.45) is 0 Å². The van der Waals surface area contributed by atoms with E-state index in [0.29, 0.717) is 23.0 Å². The Morgan fingerprint density at radius 3 is 2.88 bits per heavy atom. The number of nitrogens with two attached hydrogens (primary N) is 1. The van der Waals surface area contributed by atoms with Gasteiger partial charge in [0.05, 0.1) is 29.6 Å². The highest BCUT2D eigenvalue weighted by molar-refractivity contribution is 6.33. The second-order valence-electron chi connectivity index (χ2n) is 3.93. The molecule has 1 heterocycles. The van der Waals surface area contributed by atoms with Gasteiger partial charge in [-0.2, -0.15) is 0 Å². The lowest BCUT2D eigenvalue weighted by molar-refractivity contribution is 0.198. The monoisotopic (exact) mass is 242 g/mol. The largest absolute Gasteiger partial charge is 0.495 e. The Labute approximate surface area is 99.6 Å². The molecule has 1 unspecified atom stereocenters. The Hall–Kier alpha value is -1.13. The highest BCUT2D eigenvalue weighted by Crippen LogP contribution is 2.36. The molecule has 0 aromatic heterocycles. The topological polar surface area (TPSA) is 58.7 Å². The molecule has 0 radical (unpaired) electrons. The third kappa shape index (κ3) is 2.03. The molecular weight excluding hydrogens is 228 g/mol. The molecule has 88 valence electrons. The van der Waals surface area contributed by atoms with E-state index in [0.717, 1.165) is 18.7 Å². The van der Waals surface area contributed by atoms with Gasteiger partial charge < -0.3 is 20.5 Å². The molecule has 0 amide bonds. The SMILES string of the molecule is COc1cc(N2CCC(O)C2)c(Cl)cc1N. The highest BCUT2D eigenvalue weighted by Gasteiger charge is 2.23. The smallest absolute Gasteiger partial charge is 0.143 e. The molecule has 5 heteroatoms. The van der Waals surface area contributed by atoms with Crippen LogP contribution in [0.25, 0.3) is 0 Å². The minimum atomic E-state index is -0.278. The molecule has 1 fully saturated rings. The van der Waals surface area contributed by atoms with Crippen molar-refractivity contribution < 1.29 is 9.84 Å². The van der Waals surface area contributed by atoms with Crippen LogP contribution >= 0.6 is 11.6 Å². The van der Waals surface area contributed by atoms with Crippen LogP contribution in [0, 0.1) is 0 Å². The van der Waals surface area contributed by atoms with Gasteiger partial charge in [-0.3, -0.25) is 0 Å². The van der Waals surface area contributed by atoms with E-state index in [1.54, 1.807) is 13.2 Å². The van der Waals surface area contributed by atoms with Crippen LogP contribution in [-0.2, 0) is 0 Å². The standard InChI is InChI=1S/C11H15ClN2O2/c1-16-11-5-10(8(12)4-9(11)13)14-3-2-7(15)6-14/h4-5,7,15H,2-3,6,13H2,1H3. The number of anilines is 2. The van der Waals surface area contributed by atoms with Crippen LogP contribution in [0.4, 0.5) is 11.4 Å². The van der Waals surface area contributed by atoms with Crippen molar-refractivity contribution in [2.75, 3.05) is 30.8 Å². The predicted octanol–water partition coefficient (Wildman–Crippen LogP) is 1.50. The summed E-state index contributed by atoms with van der Waals surface area (Å²) in [6.45, 7) is 1.40. The van der Waals surface area contributed by atoms with E-state index < -0.39 is 0 Å². The van der Waals surface area contributed by atoms with Crippen molar-refractivity contribution in [3.8, 4) is 5.75 Å². The van der Waals surface area contributed by atoms with Gasteiger partial charge in [-0.15, -0.1) is 0 Å². The Bertz CT molecular complexity index is 398. The summed E-state index contributed by atoms with van der Waals surface area (Å²) in [5.41, 5.74) is 7.14. The molecule has 16 heavy (non-hydrogen) atoms. The van der Waals surface area contributed by atoms with Gasteiger partial charge in [-0.25, -0.2) is 0 Å². The zero-order valence-electron chi connectivity index (χ0n) is 9.11. The maximum absolute atomic E-state index is 9.49. The van der Waals surface area contributed by atoms with Gasteiger partial charge in [0.2, 0.25) is 0 Å². The zero-order valence-corrected chi connectivity index (χ0v) is 9.87. The first-order chi connectivity index (χ1) is 7.61. The van der Waals surface area contributed by atoms with E-state index in [-0.39, 0.29) is 6.10 Å². The van der Waals surface area contributed by atoms with E-state index >= 15 is 0 Å². The van der Waals surface area contributed by atoms with Crippen molar-refractivity contribution in [1.29, 1.82) is 0 Å². The number of aliphatic hydroxyl groups excluding tert-OH is 1. The summed E-state index contributed by atoms with van der Waals surface area (Å²) >= 11 is 6.13. The Morgan fingerprint density at radius 1 is 1.56 bits per heavy atom. The quantitative estimate of drug-likeness (QED) is 0.772. The fourth-order valence-corrected chi connectivity index (χ4v) is 2.23. The molecule has 0 aliphatic carbocycles. The van der Waals surface area contributed by atoms with E-state index in [1.807, 2.05) is 11.0 Å². The molecular formula is C11H15ClN2O2. The molecule has 1 aliphatic rings. The molecule has 1 aliphatic heterocycles. The highest BCUT2D eigenvalue weighted by atomic mass is 35.5. The second-order valence-corrected chi connectivity index (χ2v) is 4.34. The fourth-order valence-electron chi connectivity index (χ4n) is 1.94. The van der Waals surface area contributed by atoms with Crippen LogP contribution < -0.4 is 15.4 Å². The number of hydrogen-bond donors (Lipinski definition) is 2. The summed E-state index contributed by atoms with van der Waals surface area (Å²) in [6, 6.07) is 3.50. The van der Waals surface area contributed by atoms with E-state index in [2.05, 4.69) is 0 Å². The average Bonchev–Trinajstić information content (AvgIpc) is 2.65. The van der Waals surface area contributed by atoms with Crippen molar-refractivity contribution in [1.82, 2.24) is 0 Å². The number of aliphatic hydroxyl groups is 1. The molecule has 1 aromatic carbocycles. The van der Waals surface area contributed by atoms with Gasteiger partial charge in [-0.05, 0) is 12.5 Å². The number of nitrogen functional groups attached to an aromatic ring is 1. The molecule has 0 bridgehead atoms. The van der Waals surface area contributed by atoms with Gasteiger partial charge >= 0.3 is 0 Å². The average molecular weight is 243 g/mol. The van der Waals surface area contributed by atoms with Gasteiger partial charge in [0.15, 0.2) is 0 Å². The molecule has 0 spiro atoms. The number of hydrogen-bond acceptors (Lipinski definition) is 4. The molecule has 1 aromatic rings. The Kier molecular flexibility index (Phi) is 3.12. The van der Waals surface area contributed by atoms with Crippen LogP contribution in [0.2, 0.25) is 5.02 Å². The van der Waals surface area contributed by atoms with E-state index in [1.165, 1.54) is 0 Å². The normalized spacial score (nSPS) is 20.2. The Morgan fingerprint density at radius 2 is 2.31 bits per heavy atom. The number of β-amino-alcohol motifs (C(OH)–C–C–N with tert-alkyl or cyclic N) is 1. The molecule has 1 atom stereocenters. The first-order valence-electron chi connectivity index (χ1n) is 5.18. The summed E-state index contributed by atoms with van der Waals surface area (Å²) in [6.07, 6.45) is 0.489. The van der Waals surface area contributed by atoms with Gasteiger partial charge in [0.25, 0.3) is 0 Å². The number of rotatable bonds is 2. The summed E-state index contributed by atoms with van der Waals surface area (Å²) < 4.78 is 5.15. The Balaban J connectivity index is 2.33. The number of methoxy groups -OCH3 is 1. The van der Waals surface area contributed by atoms with Crippen molar-refractivity contribution in [3.63, 3.8) is 0 Å². The third-order valence-corrected chi connectivity index (χ3v) is 3.11. The van der Waals surface area contributed by atoms with Crippen LogP contribution in [-0.4, -0.2) is 31.4 Å². The summed E-state index contributed by atoms with van der Waals surface area (Å²) in [5, 5.41) is 10.1. The zero-order chi connectivity index (χ0) is 11.7. The third-order valence-electron chi connectivity index (χ3n) is 2.80.